The fourth-order valence-corrected chi connectivity index (χ4v) is 4.17. The van der Waals surface area contributed by atoms with E-state index in [0.717, 1.165) is 18.0 Å². The minimum atomic E-state index is -4.44. The molecule has 0 amide bonds. The summed E-state index contributed by atoms with van der Waals surface area (Å²) in [6.07, 6.45) is -4.44. The average Bonchev–Trinajstić information content (AvgIpc) is 3.02. The second-order valence-corrected chi connectivity index (χ2v) is 8.23. The van der Waals surface area contributed by atoms with Crippen LogP contribution in [0, 0.1) is 6.92 Å². The standard InChI is InChI=1S/C16H17F3N4OS2/c1-8-12(23-14(21-8)25-13(22-23)15(2,3)24)9-5-6-10(16(17,18)19)11(7-9)26-20-4/h5-7,20,24H,1-4H3. The van der Waals surface area contributed by atoms with Crippen molar-refractivity contribution in [2.24, 2.45) is 0 Å². The maximum absolute atomic E-state index is 13.2. The van der Waals surface area contributed by atoms with E-state index in [1.165, 1.54) is 23.5 Å². The van der Waals surface area contributed by atoms with Gasteiger partial charge in [0.1, 0.15) is 10.6 Å². The highest BCUT2D eigenvalue weighted by molar-refractivity contribution is 7.97. The number of halogens is 3. The molecule has 2 N–H and O–H groups in total. The van der Waals surface area contributed by atoms with E-state index >= 15 is 0 Å². The quantitative estimate of drug-likeness (QED) is 0.639. The third kappa shape index (κ3) is 3.46. The highest BCUT2D eigenvalue weighted by atomic mass is 32.2. The van der Waals surface area contributed by atoms with Gasteiger partial charge < -0.3 is 5.11 Å². The third-order valence-electron chi connectivity index (χ3n) is 3.67. The van der Waals surface area contributed by atoms with Crippen LogP contribution in [0.4, 0.5) is 13.2 Å². The van der Waals surface area contributed by atoms with Crippen LogP contribution in [0.25, 0.3) is 16.2 Å². The van der Waals surface area contributed by atoms with E-state index in [-0.39, 0.29) is 4.90 Å². The molecule has 0 aliphatic heterocycles. The number of hydrogen-bond donors (Lipinski definition) is 2. The number of aryl methyl sites for hydroxylation is 1. The zero-order valence-corrected chi connectivity index (χ0v) is 16.1. The SMILES string of the molecule is CNSc1cc(-c2c(C)nc3sc(C(C)(C)O)nn23)ccc1C(F)(F)F. The van der Waals surface area contributed by atoms with Gasteiger partial charge in [0.25, 0.3) is 0 Å². The molecular weight excluding hydrogens is 385 g/mol. The lowest BCUT2D eigenvalue weighted by atomic mass is 10.1. The van der Waals surface area contributed by atoms with Crippen LogP contribution in [-0.2, 0) is 11.8 Å². The Morgan fingerprint density at radius 3 is 2.54 bits per heavy atom. The normalized spacial score (nSPS) is 12.9. The molecular formula is C16H17F3N4OS2. The molecule has 0 bridgehead atoms. The van der Waals surface area contributed by atoms with Gasteiger partial charge in [-0.3, -0.25) is 4.72 Å². The molecule has 0 atom stereocenters. The molecule has 3 rings (SSSR count). The molecule has 0 saturated carbocycles. The van der Waals surface area contributed by atoms with Gasteiger partial charge in [0.15, 0.2) is 0 Å². The molecule has 0 aliphatic rings. The van der Waals surface area contributed by atoms with E-state index < -0.39 is 17.3 Å². The maximum Gasteiger partial charge on any atom is 0.417 e. The van der Waals surface area contributed by atoms with Gasteiger partial charge in [-0.2, -0.15) is 18.3 Å². The monoisotopic (exact) mass is 402 g/mol. The van der Waals surface area contributed by atoms with Crippen molar-refractivity contribution in [1.82, 2.24) is 19.3 Å². The summed E-state index contributed by atoms with van der Waals surface area (Å²) in [6, 6.07) is 3.96. The number of imidazole rings is 1. The summed E-state index contributed by atoms with van der Waals surface area (Å²) in [5, 5.41) is 15.0. The molecule has 2 aromatic heterocycles. The van der Waals surface area contributed by atoms with Crippen molar-refractivity contribution in [3.05, 3.63) is 34.5 Å². The summed E-state index contributed by atoms with van der Waals surface area (Å²) in [7, 11) is 1.57. The van der Waals surface area contributed by atoms with Crippen molar-refractivity contribution in [2.75, 3.05) is 7.05 Å². The van der Waals surface area contributed by atoms with Crippen molar-refractivity contribution in [1.29, 1.82) is 0 Å². The lowest BCUT2D eigenvalue weighted by Gasteiger charge is -2.14. The molecule has 0 aliphatic carbocycles. The van der Waals surface area contributed by atoms with Crippen LogP contribution >= 0.6 is 23.3 Å². The van der Waals surface area contributed by atoms with Crippen LogP contribution in [0.5, 0.6) is 0 Å². The number of alkyl halides is 3. The van der Waals surface area contributed by atoms with E-state index in [1.807, 2.05) is 0 Å². The first-order valence-electron chi connectivity index (χ1n) is 7.66. The van der Waals surface area contributed by atoms with Crippen LogP contribution in [0.3, 0.4) is 0 Å². The van der Waals surface area contributed by atoms with Gasteiger partial charge in [0, 0.05) is 10.5 Å². The molecule has 2 heterocycles. The topological polar surface area (TPSA) is 62.5 Å². The average molecular weight is 402 g/mol. The molecule has 5 nitrogen and oxygen atoms in total. The Hall–Kier alpha value is -1.62. The summed E-state index contributed by atoms with van der Waals surface area (Å²) in [6.45, 7) is 5.03. The molecule has 0 spiro atoms. The van der Waals surface area contributed by atoms with Crippen molar-refractivity contribution in [3.63, 3.8) is 0 Å². The second kappa shape index (κ2) is 6.52. The fourth-order valence-electron chi connectivity index (χ4n) is 2.53. The number of aliphatic hydroxyl groups is 1. The first-order chi connectivity index (χ1) is 12.0. The van der Waals surface area contributed by atoms with Gasteiger partial charge in [-0.15, -0.1) is 0 Å². The molecule has 140 valence electrons. The fraction of sp³-hybridized carbons (Fsp3) is 0.375. The van der Waals surface area contributed by atoms with Crippen molar-refractivity contribution >= 4 is 28.2 Å². The van der Waals surface area contributed by atoms with Crippen molar-refractivity contribution in [2.45, 2.75) is 37.4 Å². The van der Waals surface area contributed by atoms with Gasteiger partial charge in [0.05, 0.1) is 17.0 Å². The van der Waals surface area contributed by atoms with E-state index in [0.29, 0.717) is 26.9 Å². The van der Waals surface area contributed by atoms with Crippen LogP contribution < -0.4 is 4.72 Å². The van der Waals surface area contributed by atoms with Crippen LogP contribution in [0.2, 0.25) is 0 Å². The summed E-state index contributed by atoms with van der Waals surface area (Å²) in [5.74, 6) is 0. The molecule has 0 radical (unpaired) electrons. The van der Waals surface area contributed by atoms with Gasteiger partial charge >= 0.3 is 6.18 Å². The van der Waals surface area contributed by atoms with Crippen LogP contribution in [0.1, 0.15) is 30.1 Å². The summed E-state index contributed by atoms with van der Waals surface area (Å²) >= 11 is 2.15. The Kier molecular flexibility index (Phi) is 4.80. The largest absolute Gasteiger partial charge is 0.417 e. The molecule has 0 fully saturated rings. The summed E-state index contributed by atoms with van der Waals surface area (Å²) < 4.78 is 43.9. The van der Waals surface area contributed by atoms with Crippen LogP contribution in [-0.4, -0.2) is 26.8 Å². The van der Waals surface area contributed by atoms with Gasteiger partial charge in [-0.1, -0.05) is 17.4 Å². The molecule has 1 aromatic carbocycles. The Labute approximate surface area is 156 Å². The second-order valence-electron chi connectivity index (χ2n) is 6.22. The van der Waals surface area contributed by atoms with Crippen molar-refractivity contribution in [3.8, 4) is 11.3 Å². The van der Waals surface area contributed by atoms with Gasteiger partial charge in [-0.25, -0.2) is 9.50 Å². The molecule has 3 aromatic rings. The Morgan fingerprint density at radius 2 is 1.96 bits per heavy atom. The third-order valence-corrected chi connectivity index (χ3v) is 5.66. The number of benzene rings is 1. The lowest BCUT2D eigenvalue weighted by molar-refractivity contribution is -0.139. The number of nitrogens with zero attached hydrogens (tertiary/aromatic N) is 3. The van der Waals surface area contributed by atoms with Gasteiger partial charge in [-0.05, 0) is 51.9 Å². The molecule has 10 heteroatoms. The summed E-state index contributed by atoms with van der Waals surface area (Å²) in [4.78, 5) is 5.09. The Balaban J connectivity index is 2.18. The lowest BCUT2D eigenvalue weighted by Crippen LogP contribution is -2.15. The number of fused-ring (bicyclic) bond motifs is 1. The van der Waals surface area contributed by atoms with E-state index in [4.69, 9.17) is 0 Å². The van der Waals surface area contributed by atoms with E-state index in [9.17, 15) is 18.3 Å². The zero-order valence-electron chi connectivity index (χ0n) is 14.5. The molecule has 0 saturated heterocycles. The predicted octanol–water partition coefficient (Wildman–Crippen LogP) is 4.24. The van der Waals surface area contributed by atoms with Crippen LogP contribution in [0.15, 0.2) is 23.1 Å². The zero-order chi connectivity index (χ0) is 19.3. The van der Waals surface area contributed by atoms with Crippen molar-refractivity contribution < 1.29 is 18.3 Å². The van der Waals surface area contributed by atoms with Gasteiger partial charge in [0.2, 0.25) is 4.96 Å². The molecule has 26 heavy (non-hydrogen) atoms. The number of aromatic nitrogens is 3. The minimum Gasteiger partial charge on any atom is -0.383 e. The number of rotatable bonds is 4. The maximum atomic E-state index is 13.2. The minimum absolute atomic E-state index is 0.0739. The first kappa shape index (κ1) is 19.2. The Bertz CT molecular complexity index is 957. The first-order valence-corrected chi connectivity index (χ1v) is 9.30. The summed E-state index contributed by atoms with van der Waals surface area (Å²) in [5.41, 5.74) is 0.0246. The molecule has 0 unspecified atom stereocenters. The number of hydrogen-bond acceptors (Lipinski definition) is 6. The Morgan fingerprint density at radius 1 is 1.27 bits per heavy atom. The predicted molar refractivity (Wildman–Crippen MR) is 96.2 cm³/mol. The highest BCUT2D eigenvalue weighted by Gasteiger charge is 2.34. The smallest absolute Gasteiger partial charge is 0.383 e. The van der Waals surface area contributed by atoms with E-state index in [1.54, 1.807) is 32.3 Å². The van der Waals surface area contributed by atoms with E-state index in [2.05, 4.69) is 14.8 Å². The number of nitrogens with one attached hydrogen (secondary N) is 1. The highest BCUT2D eigenvalue weighted by Crippen LogP contribution is 2.39.